The Balaban J connectivity index is 2.44. The number of nitrogens with one attached hydrogen (secondary N) is 1. The number of rotatable bonds is 4. The normalized spacial score (nSPS) is 12.4. The first-order valence-corrected chi connectivity index (χ1v) is 6.61. The molecule has 0 saturated carbocycles. The minimum Gasteiger partial charge on any atom is -0.372 e. The number of carbonyl (C=O) groups excluding carboxylic acids is 1. The molecule has 0 spiro atoms. The van der Waals surface area contributed by atoms with Gasteiger partial charge in [0.05, 0.1) is 10.8 Å². The van der Waals surface area contributed by atoms with Crippen LogP contribution >= 0.6 is 11.8 Å². The van der Waals surface area contributed by atoms with Crippen LogP contribution in [0, 0.1) is 0 Å². The SMILES string of the molecule is CNc1nc(SC(C)C(C)=O)nc2ccccc12. The summed E-state index contributed by atoms with van der Waals surface area (Å²) in [6.07, 6.45) is 0. The Labute approximate surface area is 110 Å². The van der Waals surface area contributed by atoms with Crippen molar-refractivity contribution >= 4 is 34.3 Å². The maximum atomic E-state index is 11.3. The predicted octanol–water partition coefficient (Wildman–Crippen LogP) is 2.74. The molecule has 0 fully saturated rings. The van der Waals surface area contributed by atoms with E-state index in [0.717, 1.165) is 16.7 Å². The molecular weight excluding hydrogens is 246 g/mol. The molecule has 94 valence electrons. The van der Waals surface area contributed by atoms with Crippen molar-refractivity contribution in [3.05, 3.63) is 24.3 Å². The third-order valence-electron chi connectivity index (χ3n) is 2.67. The van der Waals surface area contributed by atoms with Gasteiger partial charge in [0.1, 0.15) is 11.6 Å². The van der Waals surface area contributed by atoms with Crippen LogP contribution in [-0.4, -0.2) is 28.0 Å². The molecule has 0 aliphatic heterocycles. The van der Waals surface area contributed by atoms with Crippen molar-refractivity contribution in [3.63, 3.8) is 0 Å². The molecule has 1 atom stereocenters. The van der Waals surface area contributed by atoms with E-state index in [1.807, 2.05) is 38.2 Å². The van der Waals surface area contributed by atoms with Crippen molar-refractivity contribution in [2.45, 2.75) is 24.3 Å². The summed E-state index contributed by atoms with van der Waals surface area (Å²) in [4.78, 5) is 20.2. The summed E-state index contributed by atoms with van der Waals surface area (Å²) >= 11 is 1.38. The number of hydrogen-bond donors (Lipinski definition) is 1. The number of carbonyl (C=O) groups is 1. The maximum absolute atomic E-state index is 11.3. The number of anilines is 1. The minimum atomic E-state index is -0.129. The number of nitrogens with zero attached hydrogens (tertiary/aromatic N) is 2. The van der Waals surface area contributed by atoms with Crippen molar-refractivity contribution in [1.29, 1.82) is 0 Å². The quantitative estimate of drug-likeness (QED) is 0.677. The van der Waals surface area contributed by atoms with Gasteiger partial charge in [-0.2, -0.15) is 0 Å². The van der Waals surface area contributed by atoms with E-state index < -0.39 is 0 Å². The van der Waals surface area contributed by atoms with E-state index in [4.69, 9.17) is 0 Å². The Morgan fingerprint density at radius 2 is 2.06 bits per heavy atom. The summed E-state index contributed by atoms with van der Waals surface area (Å²) in [7, 11) is 1.83. The van der Waals surface area contributed by atoms with Gasteiger partial charge in [0, 0.05) is 12.4 Å². The van der Waals surface area contributed by atoms with Crippen molar-refractivity contribution < 1.29 is 4.79 Å². The summed E-state index contributed by atoms with van der Waals surface area (Å²) in [5.74, 6) is 0.918. The number of hydrogen-bond acceptors (Lipinski definition) is 5. The first-order chi connectivity index (χ1) is 8.61. The molecule has 0 radical (unpaired) electrons. The van der Waals surface area contributed by atoms with Gasteiger partial charge >= 0.3 is 0 Å². The third-order valence-corrected chi connectivity index (χ3v) is 3.75. The van der Waals surface area contributed by atoms with Crippen molar-refractivity contribution in [1.82, 2.24) is 9.97 Å². The van der Waals surface area contributed by atoms with Crippen LogP contribution in [0.3, 0.4) is 0 Å². The molecule has 1 N–H and O–H groups in total. The molecule has 0 aliphatic rings. The molecule has 1 aromatic carbocycles. The average Bonchev–Trinajstić information content (AvgIpc) is 2.37. The molecule has 0 saturated heterocycles. The number of Topliss-reactive ketones (excluding diaryl/α,β-unsaturated/α-hetero) is 1. The van der Waals surface area contributed by atoms with Crippen LogP contribution in [0.4, 0.5) is 5.82 Å². The van der Waals surface area contributed by atoms with E-state index in [1.165, 1.54) is 11.8 Å². The summed E-state index contributed by atoms with van der Waals surface area (Å²) in [6, 6.07) is 7.82. The fourth-order valence-electron chi connectivity index (χ4n) is 1.54. The molecule has 5 heteroatoms. The van der Waals surface area contributed by atoms with Gasteiger partial charge in [-0.15, -0.1) is 0 Å². The topological polar surface area (TPSA) is 54.9 Å². The maximum Gasteiger partial charge on any atom is 0.190 e. The van der Waals surface area contributed by atoms with Gasteiger partial charge in [0.15, 0.2) is 5.16 Å². The fraction of sp³-hybridized carbons (Fsp3) is 0.308. The first-order valence-electron chi connectivity index (χ1n) is 5.73. The van der Waals surface area contributed by atoms with E-state index in [-0.39, 0.29) is 11.0 Å². The monoisotopic (exact) mass is 261 g/mol. The minimum absolute atomic E-state index is 0.128. The summed E-state index contributed by atoms with van der Waals surface area (Å²) < 4.78 is 0. The third kappa shape index (κ3) is 2.61. The van der Waals surface area contributed by atoms with Crippen molar-refractivity contribution in [2.24, 2.45) is 0 Å². The van der Waals surface area contributed by atoms with E-state index in [2.05, 4.69) is 15.3 Å². The summed E-state index contributed by atoms with van der Waals surface area (Å²) in [5.41, 5.74) is 0.884. The highest BCUT2D eigenvalue weighted by molar-refractivity contribution is 8.00. The summed E-state index contributed by atoms with van der Waals surface area (Å²) in [5, 5.41) is 4.55. The van der Waals surface area contributed by atoms with Gasteiger partial charge in [0.25, 0.3) is 0 Å². The molecule has 2 aromatic rings. The fourth-order valence-corrected chi connectivity index (χ4v) is 2.32. The molecule has 0 bridgehead atoms. The van der Waals surface area contributed by atoms with Crippen LogP contribution in [0.5, 0.6) is 0 Å². The number of aromatic nitrogens is 2. The highest BCUT2D eigenvalue weighted by Crippen LogP contribution is 2.26. The lowest BCUT2D eigenvalue weighted by molar-refractivity contribution is -0.116. The highest BCUT2D eigenvalue weighted by Gasteiger charge is 2.13. The molecule has 0 aliphatic carbocycles. The summed E-state index contributed by atoms with van der Waals surface area (Å²) in [6.45, 7) is 3.45. The van der Waals surface area contributed by atoms with Gasteiger partial charge in [0.2, 0.25) is 0 Å². The standard InChI is InChI=1S/C13H15N3OS/c1-8(17)9(2)18-13-15-11-7-5-4-6-10(11)12(14-3)16-13/h4-7,9H,1-3H3,(H,14,15,16). The zero-order valence-corrected chi connectivity index (χ0v) is 11.4. The van der Waals surface area contributed by atoms with Gasteiger partial charge < -0.3 is 5.32 Å². The molecule has 2 rings (SSSR count). The van der Waals surface area contributed by atoms with Crippen molar-refractivity contribution in [2.75, 3.05) is 12.4 Å². The van der Waals surface area contributed by atoms with Gasteiger partial charge in [-0.3, -0.25) is 4.79 Å². The Morgan fingerprint density at radius 3 is 2.72 bits per heavy atom. The van der Waals surface area contributed by atoms with Crippen LogP contribution in [-0.2, 0) is 4.79 Å². The Bertz CT molecular complexity index is 585. The lowest BCUT2D eigenvalue weighted by Gasteiger charge is -2.09. The molecule has 0 amide bonds. The van der Waals surface area contributed by atoms with E-state index >= 15 is 0 Å². The number of para-hydroxylation sites is 1. The molecular formula is C13H15N3OS. The highest BCUT2D eigenvalue weighted by atomic mass is 32.2. The largest absolute Gasteiger partial charge is 0.372 e. The Kier molecular flexibility index (Phi) is 3.81. The number of ketones is 1. The van der Waals surface area contributed by atoms with Crippen LogP contribution in [0.25, 0.3) is 10.9 Å². The lowest BCUT2D eigenvalue weighted by Crippen LogP contribution is -2.09. The molecule has 18 heavy (non-hydrogen) atoms. The van der Waals surface area contributed by atoms with Crippen LogP contribution in [0.15, 0.2) is 29.4 Å². The average molecular weight is 261 g/mol. The Hall–Kier alpha value is -1.62. The first kappa shape index (κ1) is 12.8. The second kappa shape index (κ2) is 5.35. The Morgan fingerprint density at radius 1 is 1.33 bits per heavy atom. The zero-order valence-electron chi connectivity index (χ0n) is 10.6. The molecule has 1 unspecified atom stereocenters. The second-order valence-corrected chi connectivity index (χ2v) is 5.30. The van der Waals surface area contributed by atoms with Gasteiger partial charge in [-0.05, 0) is 26.0 Å². The predicted molar refractivity (Wildman–Crippen MR) is 75.1 cm³/mol. The van der Waals surface area contributed by atoms with E-state index in [1.54, 1.807) is 6.92 Å². The number of thioether (sulfide) groups is 1. The number of benzene rings is 1. The van der Waals surface area contributed by atoms with Crippen molar-refractivity contribution in [3.8, 4) is 0 Å². The van der Waals surface area contributed by atoms with E-state index in [9.17, 15) is 4.79 Å². The molecule has 1 heterocycles. The molecule has 4 nitrogen and oxygen atoms in total. The van der Waals surface area contributed by atoms with E-state index in [0.29, 0.717) is 5.16 Å². The molecule has 1 aromatic heterocycles. The lowest BCUT2D eigenvalue weighted by atomic mass is 10.2. The van der Waals surface area contributed by atoms with Crippen LogP contribution < -0.4 is 5.32 Å². The van der Waals surface area contributed by atoms with Crippen LogP contribution in [0.2, 0.25) is 0 Å². The zero-order chi connectivity index (χ0) is 13.1. The second-order valence-electron chi connectivity index (χ2n) is 3.99. The van der Waals surface area contributed by atoms with Gasteiger partial charge in [-0.1, -0.05) is 23.9 Å². The number of fused-ring (bicyclic) bond motifs is 1. The van der Waals surface area contributed by atoms with Gasteiger partial charge in [-0.25, -0.2) is 9.97 Å². The smallest absolute Gasteiger partial charge is 0.190 e. The van der Waals surface area contributed by atoms with Crippen LogP contribution in [0.1, 0.15) is 13.8 Å².